The van der Waals surface area contributed by atoms with Gasteiger partial charge in [0.05, 0.1) is 16.3 Å². The van der Waals surface area contributed by atoms with E-state index in [1.54, 1.807) is 13.0 Å². The minimum Gasteiger partial charge on any atom is -0.352 e. The van der Waals surface area contributed by atoms with Gasteiger partial charge in [0.2, 0.25) is 10.0 Å². The fourth-order valence-corrected chi connectivity index (χ4v) is 4.76. The number of sulfonamides is 1. The van der Waals surface area contributed by atoms with Gasteiger partial charge in [0.25, 0.3) is 5.91 Å². The first-order valence-electron chi connectivity index (χ1n) is 10.4. The minimum absolute atomic E-state index is 0.160. The molecule has 0 saturated heterocycles. The highest BCUT2D eigenvalue weighted by molar-refractivity contribution is 7.89. The monoisotopic (exact) mass is 454 g/mol. The van der Waals surface area contributed by atoms with Gasteiger partial charge in [0.15, 0.2) is 0 Å². The second-order valence-electron chi connectivity index (χ2n) is 8.21. The number of hydrogen-bond donors (Lipinski definition) is 1. The summed E-state index contributed by atoms with van der Waals surface area (Å²) in [6.45, 7) is 8.00. The van der Waals surface area contributed by atoms with Gasteiger partial charge in [-0.1, -0.05) is 12.1 Å². The summed E-state index contributed by atoms with van der Waals surface area (Å²) in [5.74, 6) is -0.289. The number of amides is 1. The van der Waals surface area contributed by atoms with Gasteiger partial charge in [-0.2, -0.15) is 5.10 Å². The number of nitrogens with one attached hydrogen (secondary N) is 1. The molecule has 3 aromatic rings. The molecule has 0 atom stereocenters. The van der Waals surface area contributed by atoms with E-state index in [9.17, 15) is 13.2 Å². The van der Waals surface area contributed by atoms with Crippen molar-refractivity contribution in [3.05, 3.63) is 76.1 Å². The molecule has 1 aromatic heterocycles. The second kappa shape index (κ2) is 9.26. The van der Waals surface area contributed by atoms with Gasteiger partial charge >= 0.3 is 0 Å². The number of carbonyl (C=O) groups is 1. The Kier molecular flexibility index (Phi) is 6.85. The summed E-state index contributed by atoms with van der Waals surface area (Å²) in [5, 5.41) is 7.39. The molecule has 0 radical (unpaired) electrons. The molecule has 1 amide bonds. The maximum atomic E-state index is 12.7. The van der Waals surface area contributed by atoms with E-state index in [0.29, 0.717) is 24.1 Å². The maximum absolute atomic E-state index is 12.7. The number of benzene rings is 2. The molecule has 0 spiro atoms. The van der Waals surface area contributed by atoms with Crippen LogP contribution in [0.5, 0.6) is 0 Å². The third-order valence-corrected chi connectivity index (χ3v) is 7.47. The van der Waals surface area contributed by atoms with E-state index in [2.05, 4.69) is 10.4 Å². The van der Waals surface area contributed by atoms with E-state index in [0.717, 1.165) is 32.5 Å². The van der Waals surface area contributed by atoms with Crippen molar-refractivity contribution in [3.8, 4) is 5.69 Å². The van der Waals surface area contributed by atoms with Crippen LogP contribution in [0, 0.1) is 27.7 Å². The van der Waals surface area contributed by atoms with E-state index in [1.807, 2.05) is 55.8 Å². The lowest BCUT2D eigenvalue weighted by Gasteiger charge is -2.16. The summed E-state index contributed by atoms with van der Waals surface area (Å²) < 4.78 is 28.3. The lowest BCUT2D eigenvalue weighted by Crippen LogP contribution is -2.27. The SMILES string of the molecule is Cc1cc(C)n(-c2ccc(CCNC(=O)c3cc(C)c(C)c(S(=O)(=O)N(C)C)c3)cc2)n1. The number of rotatable bonds is 7. The van der Waals surface area contributed by atoms with Crippen LogP contribution in [0.1, 0.15) is 38.4 Å². The van der Waals surface area contributed by atoms with Crippen LogP contribution in [0.15, 0.2) is 47.4 Å². The number of carbonyl (C=O) groups excluding carboxylic acids is 1. The molecule has 0 saturated carbocycles. The molecular formula is C24H30N4O3S. The summed E-state index contributed by atoms with van der Waals surface area (Å²) in [7, 11) is -0.666. The van der Waals surface area contributed by atoms with Crippen molar-refractivity contribution in [2.24, 2.45) is 0 Å². The largest absolute Gasteiger partial charge is 0.352 e. The molecule has 0 aliphatic rings. The van der Waals surface area contributed by atoms with Crippen LogP contribution in [-0.4, -0.2) is 49.1 Å². The molecule has 0 aliphatic carbocycles. The third-order valence-electron chi connectivity index (χ3n) is 5.53. The lowest BCUT2D eigenvalue weighted by atomic mass is 10.1. The topological polar surface area (TPSA) is 84.3 Å². The van der Waals surface area contributed by atoms with Gasteiger partial charge in [-0.25, -0.2) is 17.4 Å². The first kappa shape index (κ1) is 23.7. The predicted molar refractivity (Wildman–Crippen MR) is 126 cm³/mol. The van der Waals surface area contributed by atoms with Crippen LogP contribution in [0.4, 0.5) is 0 Å². The van der Waals surface area contributed by atoms with Gasteiger partial charge in [-0.15, -0.1) is 0 Å². The number of nitrogens with zero attached hydrogens (tertiary/aromatic N) is 3. The lowest BCUT2D eigenvalue weighted by molar-refractivity contribution is 0.0954. The Morgan fingerprint density at radius 3 is 2.25 bits per heavy atom. The van der Waals surface area contributed by atoms with E-state index >= 15 is 0 Å². The molecule has 7 nitrogen and oxygen atoms in total. The van der Waals surface area contributed by atoms with Crippen LogP contribution in [0.2, 0.25) is 0 Å². The fourth-order valence-electron chi connectivity index (χ4n) is 3.54. The number of hydrogen-bond acceptors (Lipinski definition) is 4. The molecule has 3 rings (SSSR count). The van der Waals surface area contributed by atoms with Crippen molar-refractivity contribution < 1.29 is 13.2 Å². The van der Waals surface area contributed by atoms with Gasteiger partial charge < -0.3 is 5.32 Å². The second-order valence-corrected chi connectivity index (χ2v) is 10.3. The molecule has 8 heteroatoms. The molecule has 2 aromatic carbocycles. The summed E-state index contributed by atoms with van der Waals surface area (Å²) in [5.41, 5.74) is 5.89. The first-order chi connectivity index (χ1) is 15.0. The number of aromatic nitrogens is 2. The highest BCUT2D eigenvalue weighted by atomic mass is 32.2. The summed E-state index contributed by atoms with van der Waals surface area (Å²) in [6, 6.07) is 13.3. The van der Waals surface area contributed by atoms with Crippen molar-refractivity contribution in [1.29, 1.82) is 0 Å². The predicted octanol–water partition coefficient (Wildman–Crippen LogP) is 3.33. The number of aryl methyl sites for hydroxylation is 3. The van der Waals surface area contributed by atoms with Crippen LogP contribution < -0.4 is 5.32 Å². The molecule has 32 heavy (non-hydrogen) atoms. The molecule has 0 aliphatic heterocycles. The fraction of sp³-hybridized carbons (Fsp3) is 0.333. The van der Waals surface area contributed by atoms with Gasteiger partial charge in [-0.05, 0) is 81.1 Å². The Hall–Kier alpha value is -2.97. The molecule has 0 fully saturated rings. The van der Waals surface area contributed by atoms with E-state index in [-0.39, 0.29) is 10.8 Å². The van der Waals surface area contributed by atoms with E-state index in [4.69, 9.17) is 0 Å². The minimum atomic E-state index is -3.63. The first-order valence-corrected chi connectivity index (χ1v) is 11.9. The quantitative estimate of drug-likeness (QED) is 0.594. The summed E-state index contributed by atoms with van der Waals surface area (Å²) >= 11 is 0. The van der Waals surface area contributed by atoms with Crippen LogP contribution in [0.3, 0.4) is 0 Å². The van der Waals surface area contributed by atoms with Gasteiger partial charge in [0, 0.05) is 31.9 Å². The van der Waals surface area contributed by atoms with Crippen LogP contribution in [0.25, 0.3) is 5.69 Å². The summed E-state index contributed by atoms with van der Waals surface area (Å²) in [4.78, 5) is 12.9. The van der Waals surface area contributed by atoms with Crippen LogP contribution in [-0.2, 0) is 16.4 Å². The molecule has 1 heterocycles. The molecule has 0 unspecified atom stereocenters. The Morgan fingerprint density at radius 2 is 1.69 bits per heavy atom. The van der Waals surface area contributed by atoms with Crippen LogP contribution >= 0.6 is 0 Å². The Bertz CT molecular complexity index is 1240. The third kappa shape index (κ3) is 4.92. The van der Waals surface area contributed by atoms with E-state index in [1.165, 1.54) is 20.2 Å². The smallest absolute Gasteiger partial charge is 0.251 e. The molecular weight excluding hydrogens is 424 g/mol. The molecule has 1 N–H and O–H groups in total. The highest BCUT2D eigenvalue weighted by Crippen LogP contribution is 2.23. The van der Waals surface area contributed by atoms with Crippen molar-refractivity contribution in [2.45, 2.75) is 39.0 Å². The normalized spacial score (nSPS) is 11.7. The standard InChI is InChI=1S/C24H30N4O3S/c1-16-13-21(15-23(19(16)4)32(30,31)27(5)6)24(29)25-12-11-20-7-9-22(10-8-20)28-18(3)14-17(2)26-28/h7-10,13-15H,11-12H2,1-6H3,(H,25,29). The van der Waals surface area contributed by atoms with Gasteiger partial charge in [-0.3, -0.25) is 4.79 Å². The zero-order valence-electron chi connectivity index (χ0n) is 19.4. The molecule has 0 bridgehead atoms. The highest BCUT2D eigenvalue weighted by Gasteiger charge is 2.22. The Morgan fingerprint density at radius 1 is 1.03 bits per heavy atom. The maximum Gasteiger partial charge on any atom is 0.251 e. The average molecular weight is 455 g/mol. The Labute approximate surface area is 190 Å². The average Bonchev–Trinajstić information content (AvgIpc) is 3.08. The Balaban J connectivity index is 1.68. The molecule has 170 valence electrons. The summed E-state index contributed by atoms with van der Waals surface area (Å²) in [6.07, 6.45) is 0.664. The van der Waals surface area contributed by atoms with E-state index < -0.39 is 10.0 Å². The zero-order valence-corrected chi connectivity index (χ0v) is 20.2. The zero-order chi connectivity index (χ0) is 23.6. The van der Waals surface area contributed by atoms with Crippen molar-refractivity contribution >= 4 is 15.9 Å². The van der Waals surface area contributed by atoms with Gasteiger partial charge in [0.1, 0.15) is 0 Å². The van der Waals surface area contributed by atoms with Crippen molar-refractivity contribution in [1.82, 2.24) is 19.4 Å². The van der Waals surface area contributed by atoms with Crippen molar-refractivity contribution in [2.75, 3.05) is 20.6 Å². The van der Waals surface area contributed by atoms with Crippen molar-refractivity contribution in [3.63, 3.8) is 0 Å².